The third kappa shape index (κ3) is 2.72. The molecule has 0 spiro atoms. The van der Waals surface area contributed by atoms with Gasteiger partial charge in [-0.3, -0.25) is 14.3 Å². The Morgan fingerprint density at radius 3 is 2.64 bits per heavy atom. The Hall–Kier alpha value is -2.25. The van der Waals surface area contributed by atoms with Crippen molar-refractivity contribution in [3.63, 3.8) is 0 Å². The van der Waals surface area contributed by atoms with Crippen molar-refractivity contribution in [1.82, 2.24) is 9.55 Å². The summed E-state index contributed by atoms with van der Waals surface area (Å²) >= 11 is 1.41. The molecule has 0 unspecified atom stereocenters. The molecule has 114 valence electrons. The van der Waals surface area contributed by atoms with Gasteiger partial charge < -0.3 is 9.84 Å². The number of hydrogen-bond donors (Lipinski definition) is 2. The number of aliphatic hydroxyl groups is 1. The van der Waals surface area contributed by atoms with E-state index in [9.17, 15) is 14.7 Å². The van der Waals surface area contributed by atoms with E-state index in [2.05, 4.69) is 11.6 Å². The van der Waals surface area contributed by atoms with Gasteiger partial charge >= 0.3 is 5.69 Å². The van der Waals surface area contributed by atoms with E-state index < -0.39 is 28.8 Å². The Kier molecular flexibility index (Phi) is 3.91. The second-order valence-corrected chi connectivity index (χ2v) is 6.05. The van der Waals surface area contributed by atoms with Gasteiger partial charge in [-0.05, 0) is 12.1 Å². The fraction of sp³-hybridized carbons (Fsp3) is 0.200. The Morgan fingerprint density at radius 1 is 1.23 bits per heavy atom. The quantitative estimate of drug-likeness (QED) is 0.885. The molecule has 1 fully saturated rings. The molecule has 2 heterocycles. The van der Waals surface area contributed by atoms with Gasteiger partial charge in [-0.15, -0.1) is 11.8 Å². The largest absolute Gasteiger partial charge is 0.471 e. The molecule has 0 aliphatic carbocycles. The number of hydrogen-bond acceptors (Lipinski definition) is 5. The van der Waals surface area contributed by atoms with Gasteiger partial charge in [-0.25, -0.2) is 4.79 Å². The molecule has 2 N–H and O–H groups in total. The Balaban J connectivity index is 1.86. The average Bonchev–Trinajstić information content (AvgIpc) is 2.76. The Bertz CT molecular complexity index is 799. The van der Waals surface area contributed by atoms with E-state index in [1.807, 2.05) is 30.3 Å². The van der Waals surface area contributed by atoms with Crippen LogP contribution < -0.4 is 11.2 Å². The molecule has 0 radical (unpaired) electrons. The first kappa shape index (κ1) is 14.7. The normalized spacial score (nSPS) is 24.2. The maximum absolute atomic E-state index is 11.8. The van der Waals surface area contributed by atoms with Crippen molar-refractivity contribution in [2.45, 2.75) is 22.5 Å². The highest BCUT2D eigenvalue weighted by Crippen LogP contribution is 2.40. The van der Waals surface area contributed by atoms with Crippen LogP contribution in [0, 0.1) is 0 Å². The van der Waals surface area contributed by atoms with Crippen LogP contribution in [0.1, 0.15) is 6.23 Å². The lowest BCUT2D eigenvalue weighted by Crippen LogP contribution is -2.36. The highest BCUT2D eigenvalue weighted by atomic mass is 32.2. The van der Waals surface area contributed by atoms with Crippen LogP contribution in [-0.4, -0.2) is 26.0 Å². The molecule has 1 aliphatic rings. The van der Waals surface area contributed by atoms with Crippen molar-refractivity contribution >= 4 is 11.8 Å². The number of thioether (sulfide) groups is 1. The van der Waals surface area contributed by atoms with Gasteiger partial charge in [0.15, 0.2) is 0 Å². The second-order valence-electron chi connectivity index (χ2n) is 4.83. The van der Waals surface area contributed by atoms with Gasteiger partial charge in [0.25, 0.3) is 5.56 Å². The molecule has 3 atom stereocenters. The fourth-order valence-corrected chi connectivity index (χ4v) is 3.33. The predicted octanol–water partition coefficient (Wildman–Crippen LogP) is 1.10. The van der Waals surface area contributed by atoms with Crippen molar-refractivity contribution in [1.29, 1.82) is 0 Å². The molecule has 1 aromatic carbocycles. The van der Waals surface area contributed by atoms with E-state index in [0.717, 1.165) is 9.46 Å². The monoisotopic (exact) mass is 318 g/mol. The van der Waals surface area contributed by atoms with Crippen molar-refractivity contribution in [2.75, 3.05) is 0 Å². The molecule has 2 aromatic rings. The van der Waals surface area contributed by atoms with Crippen molar-refractivity contribution in [2.24, 2.45) is 0 Å². The lowest BCUT2D eigenvalue weighted by Gasteiger charge is -2.17. The molecule has 1 saturated heterocycles. The van der Waals surface area contributed by atoms with Gasteiger partial charge in [0, 0.05) is 17.2 Å². The Morgan fingerprint density at radius 2 is 1.95 bits per heavy atom. The van der Waals surface area contributed by atoms with E-state index in [0.29, 0.717) is 5.76 Å². The number of nitrogens with zero attached hydrogens (tertiary/aromatic N) is 1. The first-order valence-electron chi connectivity index (χ1n) is 6.63. The summed E-state index contributed by atoms with van der Waals surface area (Å²) in [4.78, 5) is 26.0. The summed E-state index contributed by atoms with van der Waals surface area (Å²) in [6, 6.07) is 10.8. The molecule has 7 heteroatoms. The maximum atomic E-state index is 11.8. The van der Waals surface area contributed by atoms with Crippen LogP contribution in [0.3, 0.4) is 0 Å². The number of benzene rings is 1. The molecule has 22 heavy (non-hydrogen) atoms. The average molecular weight is 318 g/mol. The van der Waals surface area contributed by atoms with Gasteiger partial charge in [0.1, 0.15) is 11.9 Å². The number of nitrogens with one attached hydrogen (secondary N) is 1. The number of rotatable bonds is 3. The lowest BCUT2D eigenvalue weighted by molar-refractivity contribution is 0.00624. The predicted molar refractivity (Wildman–Crippen MR) is 82.7 cm³/mol. The summed E-state index contributed by atoms with van der Waals surface area (Å²) in [5.74, 6) is 0.393. The minimum atomic E-state index is -0.957. The van der Waals surface area contributed by atoms with Gasteiger partial charge in [0.05, 0.1) is 5.25 Å². The highest BCUT2D eigenvalue weighted by Gasteiger charge is 2.41. The van der Waals surface area contributed by atoms with Crippen molar-refractivity contribution in [3.8, 4) is 0 Å². The molecule has 0 amide bonds. The molecule has 1 aliphatic heterocycles. The zero-order valence-corrected chi connectivity index (χ0v) is 12.3. The van der Waals surface area contributed by atoms with E-state index >= 15 is 0 Å². The fourth-order valence-electron chi connectivity index (χ4n) is 2.26. The summed E-state index contributed by atoms with van der Waals surface area (Å²) in [5, 5.41) is 10.1. The topological polar surface area (TPSA) is 84.3 Å². The summed E-state index contributed by atoms with van der Waals surface area (Å²) in [7, 11) is 0. The van der Waals surface area contributed by atoms with Crippen LogP contribution in [0.5, 0.6) is 0 Å². The second kappa shape index (κ2) is 5.86. The number of aromatic nitrogens is 2. The van der Waals surface area contributed by atoms with Gasteiger partial charge in [0.2, 0.25) is 6.23 Å². The molecular weight excluding hydrogens is 304 g/mol. The van der Waals surface area contributed by atoms with Crippen LogP contribution in [0.2, 0.25) is 0 Å². The van der Waals surface area contributed by atoms with Crippen LogP contribution in [0.4, 0.5) is 0 Å². The summed E-state index contributed by atoms with van der Waals surface area (Å²) in [6.45, 7) is 3.81. The number of ether oxygens (including phenoxy) is 1. The third-order valence-corrected chi connectivity index (χ3v) is 4.66. The number of aromatic amines is 1. The number of aliphatic hydroxyl groups excluding tert-OH is 1. The minimum Gasteiger partial charge on any atom is -0.471 e. The zero-order valence-electron chi connectivity index (χ0n) is 11.5. The lowest BCUT2D eigenvalue weighted by atomic mass is 10.2. The SMILES string of the molecule is C=C1O[C@@H](n2ccc(=O)[nH]c2=O)[C@@H](O)[C@@H]1Sc1ccccc1. The van der Waals surface area contributed by atoms with Crippen LogP contribution in [0.15, 0.2) is 69.4 Å². The number of H-pyrrole nitrogens is 1. The van der Waals surface area contributed by atoms with E-state index in [-0.39, 0.29) is 0 Å². The van der Waals surface area contributed by atoms with Crippen LogP contribution >= 0.6 is 11.8 Å². The third-order valence-electron chi connectivity index (χ3n) is 3.32. The van der Waals surface area contributed by atoms with Gasteiger partial charge in [-0.2, -0.15) is 0 Å². The maximum Gasteiger partial charge on any atom is 0.331 e. The highest BCUT2D eigenvalue weighted by molar-refractivity contribution is 8.00. The van der Waals surface area contributed by atoms with E-state index in [1.165, 1.54) is 24.0 Å². The summed E-state index contributed by atoms with van der Waals surface area (Å²) < 4.78 is 6.70. The Labute approximate surface area is 130 Å². The van der Waals surface area contributed by atoms with Crippen LogP contribution in [0.25, 0.3) is 0 Å². The molecule has 3 rings (SSSR count). The van der Waals surface area contributed by atoms with Crippen LogP contribution in [-0.2, 0) is 4.74 Å². The minimum absolute atomic E-state index is 0.393. The molecule has 0 bridgehead atoms. The molecule has 6 nitrogen and oxygen atoms in total. The van der Waals surface area contributed by atoms with E-state index in [4.69, 9.17) is 4.74 Å². The molecular formula is C15H14N2O4S. The smallest absolute Gasteiger partial charge is 0.331 e. The van der Waals surface area contributed by atoms with Gasteiger partial charge in [-0.1, -0.05) is 24.8 Å². The first-order chi connectivity index (χ1) is 10.6. The first-order valence-corrected chi connectivity index (χ1v) is 7.51. The summed E-state index contributed by atoms with van der Waals surface area (Å²) in [6.07, 6.45) is -0.558. The zero-order chi connectivity index (χ0) is 15.7. The van der Waals surface area contributed by atoms with Crippen molar-refractivity contribution < 1.29 is 9.84 Å². The standard InChI is InChI=1S/C15H14N2O4S/c1-9-13(22-10-5-3-2-4-6-10)12(19)14(21-9)17-8-7-11(18)16-15(17)20/h2-8,12-14,19H,1H2,(H,16,18,20)/t12-,13+,14+/m0/s1. The van der Waals surface area contributed by atoms with Crippen molar-refractivity contribution in [3.05, 3.63) is 75.8 Å². The van der Waals surface area contributed by atoms with E-state index in [1.54, 1.807) is 0 Å². The summed E-state index contributed by atoms with van der Waals surface area (Å²) in [5.41, 5.74) is -1.13. The molecule has 0 saturated carbocycles. The molecule has 1 aromatic heterocycles.